The summed E-state index contributed by atoms with van der Waals surface area (Å²) in [5, 5.41) is 9.03. The lowest BCUT2D eigenvalue weighted by molar-refractivity contribution is 0.411. The van der Waals surface area contributed by atoms with E-state index in [1.54, 1.807) is 0 Å². The highest BCUT2D eigenvalue weighted by Crippen LogP contribution is 2.40. The van der Waals surface area contributed by atoms with Crippen molar-refractivity contribution in [1.29, 1.82) is 0 Å². The summed E-state index contributed by atoms with van der Waals surface area (Å²) in [5.41, 5.74) is 21.2. The number of benzene rings is 9. The maximum atomic E-state index is 3.99. The van der Waals surface area contributed by atoms with Crippen LogP contribution in [-0.2, 0) is 6.42 Å². The van der Waals surface area contributed by atoms with Crippen LogP contribution in [0.4, 0.5) is 5.69 Å². The number of rotatable bonds is 10. The lowest BCUT2D eigenvalue weighted by Crippen LogP contribution is -2.39. The van der Waals surface area contributed by atoms with Gasteiger partial charge in [0.15, 0.2) is 0 Å². The molecule has 3 nitrogen and oxygen atoms in total. The average molecular weight is 902 g/mol. The molecule has 4 heteroatoms. The fourth-order valence-electron chi connectivity index (χ4n) is 11.3. The van der Waals surface area contributed by atoms with Crippen molar-refractivity contribution in [1.82, 2.24) is 9.13 Å². The van der Waals surface area contributed by atoms with Crippen molar-refractivity contribution >= 4 is 67.2 Å². The first-order valence-electron chi connectivity index (χ1n) is 24.8. The summed E-state index contributed by atoms with van der Waals surface area (Å²) in [7, 11) is 0. The molecule has 1 aliphatic carbocycles. The minimum absolute atomic E-state index is 0.00880. The van der Waals surface area contributed by atoms with Crippen LogP contribution in [0.25, 0.3) is 82.8 Å². The number of nitrogens with one attached hydrogen (secondary N) is 1. The summed E-state index contributed by atoms with van der Waals surface area (Å²) in [4.78, 5) is 0. The minimum Gasteiger partial charge on any atom is -0.424 e. The molecule has 1 aliphatic rings. The summed E-state index contributed by atoms with van der Waals surface area (Å²) >= 11 is 0. The molecular weight excluding hydrogens is 846 g/mol. The van der Waals surface area contributed by atoms with E-state index in [0.29, 0.717) is 0 Å². The number of para-hydroxylation sites is 4. The van der Waals surface area contributed by atoms with Gasteiger partial charge in [-0.2, -0.15) is 0 Å². The fraction of sp³-hybridized carbons (Fsp3) is 0.121. The number of aryl methyl sites for hydroxylation is 1. The van der Waals surface area contributed by atoms with E-state index in [-0.39, 0.29) is 18.2 Å². The first-order chi connectivity index (χ1) is 34.1. The topological polar surface area (TPSA) is 21.9 Å². The Morgan fingerprint density at radius 2 is 1.04 bits per heavy atom. The zero-order valence-electron chi connectivity index (χ0n) is 40.6. The van der Waals surface area contributed by atoms with E-state index in [2.05, 4.69) is 273 Å². The average Bonchev–Trinajstić information content (AvgIpc) is 4.10. The number of anilines is 1. The Balaban J connectivity index is 0.956. The molecule has 9 aromatic carbocycles. The summed E-state index contributed by atoms with van der Waals surface area (Å²) in [6.07, 6.45) is 8.24. The molecule has 2 heterocycles. The number of aromatic nitrogens is 2. The number of nitrogens with zero attached hydrogens (tertiary/aromatic N) is 2. The summed E-state index contributed by atoms with van der Waals surface area (Å²) < 4.78 is 4.78. The SMILES string of the molecule is CB(Nc1ccc(CC(C)(C)C)cc1)c1c(-c2cc(-c3ccc4c(c3)c3ccccc3n4-c3ccccc3)ccc2C)cccc1C1C=CC(c2ccc3c(c2)c2ccccc2n3-c2ccccc2)=C1. The van der Waals surface area contributed by atoms with Crippen LogP contribution in [-0.4, -0.2) is 16.0 Å². The summed E-state index contributed by atoms with van der Waals surface area (Å²) in [5.74, 6) is 0.0950. The van der Waals surface area contributed by atoms with E-state index < -0.39 is 0 Å². The second kappa shape index (κ2) is 17.5. The van der Waals surface area contributed by atoms with E-state index in [9.17, 15) is 0 Å². The van der Waals surface area contributed by atoms with Gasteiger partial charge in [-0.1, -0.05) is 173 Å². The maximum Gasteiger partial charge on any atom is 0.283 e. The lowest BCUT2D eigenvalue weighted by Gasteiger charge is -2.24. The van der Waals surface area contributed by atoms with Gasteiger partial charge in [0.2, 0.25) is 0 Å². The molecule has 0 saturated heterocycles. The molecule has 0 bridgehead atoms. The molecule has 1 atom stereocenters. The van der Waals surface area contributed by atoms with Crippen LogP contribution in [0.5, 0.6) is 0 Å². The van der Waals surface area contributed by atoms with Crippen LogP contribution in [0.3, 0.4) is 0 Å². The second-order valence-electron chi connectivity index (χ2n) is 20.5. The van der Waals surface area contributed by atoms with Crippen LogP contribution >= 0.6 is 0 Å². The molecule has 0 saturated carbocycles. The number of fused-ring (bicyclic) bond motifs is 6. The van der Waals surface area contributed by atoms with Crippen molar-refractivity contribution in [3.63, 3.8) is 0 Å². The van der Waals surface area contributed by atoms with Crippen LogP contribution in [0.2, 0.25) is 6.82 Å². The number of hydrogen-bond donors (Lipinski definition) is 1. The predicted octanol–water partition coefficient (Wildman–Crippen LogP) is 16.8. The van der Waals surface area contributed by atoms with Crippen molar-refractivity contribution in [2.45, 2.75) is 46.9 Å². The largest absolute Gasteiger partial charge is 0.424 e. The molecule has 0 radical (unpaired) electrons. The van der Waals surface area contributed by atoms with Crippen molar-refractivity contribution < 1.29 is 0 Å². The summed E-state index contributed by atoms with van der Waals surface area (Å²) in [6.45, 7) is 11.5. The highest BCUT2D eigenvalue weighted by molar-refractivity contribution is 6.76. The third kappa shape index (κ3) is 7.84. The zero-order valence-corrected chi connectivity index (χ0v) is 40.6. The van der Waals surface area contributed by atoms with Gasteiger partial charge in [-0.15, -0.1) is 0 Å². The van der Waals surface area contributed by atoms with Gasteiger partial charge in [0.25, 0.3) is 6.85 Å². The van der Waals surface area contributed by atoms with Crippen LogP contribution in [0, 0.1) is 12.3 Å². The van der Waals surface area contributed by atoms with Crippen molar-refractivity contribution in [2.24, 2.45) is 5.41 Å². The van der Waals surface area contributed by atoms with Crippen LogP contribution in [0.15, 0.2) is 224 Å². The number of allylic oxidation sites excluding steroid dienone is 4. The highest BCUT2D eigenvalue weighted by Gasteiger charge is 2.26. The van der Waals surface area contributed by atoms with E-state index in [4.69, 9.17) is 0 Å². The smallest absolute Gasteiger partial charge is 0.283 e. The second-order valence-corrected chi connectivity index (χ2v) is 20.5. The molecule has 11 aromatic rings. The van der Waals surface area contributed by atoms with Gasteiger partial charge in [0.1, 0.15) is 0 Å². The third-order valence-electron chi connectivity index (χ3n) is 14.4. The van der Waals surface area contributed by atoms with Gasteiger partial charge >= 0.3 is 0 Å². The molecule has 0 fully saturated rings. The Hall–Kier alpha value is -8.08. The molecular formula is C66H56BN3. The van der Waals surface area contributed by atoms with Gasteiger partial charge in [0.05, 0.1) is 22.1 Å². The van der Waals surface area contributed by atoms with Gasteiger partial charge in [-0.3, -0.25) is 0 Å². The molecule has 0 aliphatic heterocycles. The van der Waals surface area contributed by atoms with E-state index >= 15 is 0 Å². The molecule has 338 valence electrons. The standard InChI is InChI=1S/C66H56BN3/c1-44-27-30-47(49-34-38-64-60(42-49)56-22-13-15-26-62(56)70(64)53-19-10-7-11-20-53)40-58(44)57-24-16-23-54(65(57)67(5)68-51-35-28-45(29-36-51)43-66(2,3)4)50-32-31-46(39-50)48-33-37-63-59(41-48)55-21-12-14-25-61(55)69(63)52-17-8-6-9-18-52/h6-42,50,68H,43H2,1-5H3. The van der Waals surface area contributed by atoms with Crippen LogP contribution < -0.4 is 10.7 Å². The Bertz CT molecular complexity index is 3830. The first kappa shape index (κ1) is 43.2. The van der Waals surface area contributed by atoms with E-state index in [1.165, 1.54) is 111 Å². The molecule has 0 amide bonds. The Morgan fingerprint density at radius 3 is 1.67 bits per heavy atom. The van der Waals surface area contributed by atoms with Crippen LogP contribution in [0.1, 0.15) is 48.9 Å². The van der Waals surface area contributed by atoms with Gasteiger partial charge in [-0.05, 0) is 153 Å². The van der Waals surface area contributed by atoms with Gasteiger partial charge < -0.3 is 14.4 Å². The minimum atomic E-state index is 0.00880. The fourth-order valence-corrected chi connectivity index (χ4v) is 11.3. The Kier molecular flexibility index (Phi) is 10.8. The van der Waals surface area contributed by atoms with E-state index in [1.807, 2.05) is 0 Å². The van der Waals surface area contributed by atoms with Gasteiger partial charge in [-0.25, -0.2) is 0 Å². The molecule has 1 unspecified atom stereocenters. The predicted molar refractivity (Wildman–Crippen MR) is 302 cm³/mol. The van der Waals surface area contributed by atoms with E-state index in [0.717, 1.165) is 12.1 Å². The third-order valence-corrected chi connectivity index (χ3v) is 14.4. The normalized spacial score (nSPS) is 13.7. The monoisotopic (exact) mass is 901 g/mol. The maximum absolute atomic E-state index is 3.99. The van der Waals surface area contributed by atoms with Crippen molar-refractivity contribution in [3.8, 4) is 33.6 Å². The molecule has 0 spiro atoms. The highest BCUT2D eigenvalue weighted by atomic mass is 15.0. The van der Waals surface area contributed by atoms with Gasteiger partial charge in [0, 0.05) is 44.5 Å². The molecule has 12 rings (SSSR count). The molecule has 1 N–H and O–H groups in total. The van der Waals surface area contributed by atoms with Crippen molar-refractivity contribution in [3.05, 3.63) is 247 Å². The van der Waals surface area contributed by atoms with Crippen molar-refractivity contribution in [2.75, 3.05) is 5.23 Å². The first-order valence-corrected chi connectivity index (χ1v) is 24.8. The summed E-state index contributed by atoms with van der Waals surface area (Å²) in [6, 6.07) is 76.1. The number of hydrogen-bond acceptors (Lipinski definition) is 1. The Labute approximate surface area is 412 Å². The lowest BCUT2D eigenvalue weighted by atomic mass is 9.53. The Morgan fingerprint density at radius 1 is 0.500 bits per heavy atom. The molecule has 2 aromatic heterocycles. The quantitative estimate of drug-likeness (QED) is 0.136. The molecule has 70 heavy (non-hydrogen) atoms. The zero-order chi connectivity index (χ0) is 47.5.